The van der Waals surface area contributed by atoms with Gasteiger partial charge in [-0.3, -0.25) is 4.90 Å². The molecule has 1 saturated heterocycles. The summed E-state index contributed by atoms with van der Waals surface area (Å²) in [6.07, 6.45) is 2.53. The number of hydrogen-bond acceptors (Lipinski definition) is 3. The zero-order valence-corrected chi connectivity index (χ0v) is 14.2. The van der Waals surface area contributed by atoms with Gasteiger partial charge in [0.05, 0.1) is 0 Å². The lowest BCUT2D eigenvalue weighted by molar-refractivity contribution is 0.144. The first-order valence-electron chi connectivity index (χ1n) is 8.14. The van der Waals surface area contributed by atoms with Gasteiger partial charge in [-0.1, -0.05) is 40.2 Å². The normalized spacial score (nSPS) is 24.6. The molecule has 0 amide bonds. The zero-order chi connectivity index (χ0) is 14.5. The van der Waals surface area contributed by atoms with Crippen molar-refractivity contribution in [3.05, 3.63) is 22.4 Å². The third kappa shape index (κ3) is 3.84. The van der Waals surface area contributed by atoms with Gasteiger partial charge in [0.2, 0.25) is 0 Å². The lowest BCUT2D eigenvalue weighted by Crippen LogP contribution is -2.43. The van der Waals surface area contributed by atoms with E-state index in [-0.39, 0.29) is 0 Å². The first kappa shape index (κ1) is 16.0. The Balaban J connectivity index is 2.14. The molecule has 1 aliphatic heterocycles. The summed E-state index contributed by atoms with van der Waals surface area (Å²) in [7, 11) is 0. The quantitative estimate of drug-likeness (QED) is 0.877. The Morgan fingerprint density at radius 1 is 1.40 bits per heavy atom. The van der Waals surface area contributed by atoms with Crippen LogP contribution < -0.4 is 5.32 Å². The molecule has 0 spiro atoms. The van der Waals surface area contributed by atoms with Gasteiger partial charge in [-0.25, -0.2) is 0 Å². The summed E-state index contributed by atoms with van der Waals surface area (Å²) in [4.78, 5) is 4.26. The maximum Gasteiger partial charge on any atom is 0.0465 e. The summed E-state index contributed by atoms with van der Waals surface area (Å²) in [6.45, 7) is 13.0. The Morgan fingerprint density at radius 2 is 2.20 bits per heavy atom. The average molecular weight is 295 g/mol. The van der Waals surface area contributed by atoms with E-state index >= 15 is 0 Å². The van der Waals surface area contributed by atoms with Crippen LogP contribution in [-0.2, 0) is 0 Å². The fraction of sp³-hybridized carbons (Fsp3) is 0.765. The first-order valence-corrected chi connectivity index (χ1v) is 9.02. The smallest absolute Gasteiger partial charge is 0.0465 e. The Kier molecular flexibility index (Phi) is 6.06. The summed E-state index contributed by atoms with van der Waals surface area (Å²) >= 11 is 1.91. The summed E-state index contributed by atoms with van der Waals surface area (Å²) in [5.74, 6) is 1.43. The number of rotatable bonds is 5. The first-order chi connectivity index (χ1) is 9.63. The van der Waals surface area contributed by atoms with Crippen molar-refractivity contribution in [1.82, 2.24) is 10.2 Å². The number of hydrogen-bond donors (Lipinski definition) is 1. The summed E-state index contributed by atoms with van der Waals surface area (Å²) in [5.41, 5.74) is 0. The minimum absolute atomic E-state index is 0.585. The van der Waals surface area contributed by atoms with Gasteiger partial charge in [0.1, 0.15) is 0 Å². The lowest BCUT2D eigenvalue weighted by Gasteiger charge is -2.36. The Hall–Kier alpha value is -0.380. The van der Waals surface area contributed by atoms with E-state index in [1.54, 1.807) is 0 Å². The molecule has 3 heteroatoms. The van der Waals surface area contributed by atoms with Gasteiger partial charge >= 0.3 is 0 Å². The van der Waals surface area contributed by atoms with E-state index in [1.807, 2.05) is 11.3 Å². The van der Waals surface area contributed by atoms with Gasteiger partial charge in [-0.15, -0.1) is 11.3 Å². The van der Waals surface area contributed by atoms with Crippen molar-refractivity contribution in [3.63, 3.8) is 0 Å². The molecule has 0 aromatic carbocycles. The molecular formula is C17H30N2S. The molecule has 1 aliphatic rings. The monoisotopic (exact) mass is 294 g/mol. The van der Waals surface area contributed by atoms with Crippen LogP contribution >= 0.6 is 11.3 Å². The maximum absolute atomic E-state index is 3.76. The van der Waals surface area contributed by atoms with Gasteiger partial charge in [0.15, 0.2) is 0 Å². The molecule has 2 heterocycles. The zero-order valence-electron chi connectivity index (χ0n) is 13.4. The molecule has 2 rings (SSSR count). The second-order valence-electron chi connectivity index (χ2n) is 6.50. The standard InChI is InChI=1S/C17H30N2S/c1-5-14(4)15-12-19(10-7-9-18-15)17(13(2)3)16-8-6-11-20-16/h6,8,11,13-15,17-18H,5,7,9-10,12H2,1-4H3. The molecular weight excluding hydrogens is 264 g/mol. The Morgan fingerprint density at radius 3 is 2.80 bits per heavy atom. The number of nitrogens with zero attached hydrogens (tertiary/aromatic N) is 1. The summed E-state index contributed by atoms with van der Waals surface area (Å²) in [6, 6.07) is 5.73. The highest BCUT2D eigenvalue weighted by atomic mass is 32.1. The van der Waals surface area contributed by atoms with E-state index < -0.39 is 0 Å². The molecule has 1 N–H and O–H groups in total. The minimum atomic E-state index is 0.585. The third-order valence-corrected chi connectivity index (χ3v) is 5.59. The van der Waals surface area contributed by atoms with Crippen LogP contribution in [0.3, 0.4) is 0 Å². The van der Waals surface area contributed by atoms with Crippen molar-refractivity contribution in [2.75, 3.05) is 19.6 Å². The largest absolute Gasteiger partial charge is 0.312 e. The van der Waals surface area contributed by atoms with E-state index in [0.717, 1.165) is 5.92 Å². The Labute approximate surface area is 128 Å². The van der Waals surface area contributed by atoms with Crippen LogP contribution in [0.4, 0.5) is 0 Å². The van der Waals surface area contributed by atoms with Crippen LogP contribution in [0.2, 0.25) is 0 Å². The molecule has 1 aromatic heterocycles. The van der Waals surface area contributed by atoms with Crippen molar-refractivity contribution in [2.24, 2.45) is 11.8 Å². The van der Waals surface area contributed by atoms with Crippen LogP contribution in [0.25, 0.3) is 0 Å². The van der Waals surface area contributed by atoms with Crippen LogP contribution in [0, 0.1) is 11.8 Å². The highest BCUT2D eigenvalue weighted by molar-refractivity contribution is 7.10. The molecule has 20 heavy (non-hydrogen) atoms. The molecule has 1 fully saturated rings. The molecule has 0 radical (unpaired) electrons. The van der Waals surface area contributed by atoms with Crippen molar-refractivity contribution in [3.8, 4) is 0 Å². The molecule has 3 unspecified atom stereocenters. The van der Waals surface area contributed by atoms with E-state index in [1.165, 1.54) is 37.4 Å². The molecule has 1 aromatic rings. The van der Waals surface area contributed by atoms with Gasteiger partial charge in [0, 0.05) is 30.1 Å². The predicted octanol–water partition coefficient (Wildman–Crippen LogP) is 4.16. The number of nitrogens with one attached hydrogen (secondary N) is 1. The minimum Gasteiger partial charge on any atom is -0.312 e. The van der Waals surface area contributed by atoms with Gasteiger partial charge in [-0.2, -0.15) is 0 Å². The van der Waals surface area contributed by atoms with E-state index in [2.05, 4.69) is 55.4 Å². The van der Waals surface area contributed by atoms with Crippen molar-refractivity contribution in [1.29, 1.82) is 0 Å². The van der Waals surface area contributed by atoms with Crippen molar-refractivity contribution < 1.29 is 0 Å². The third-order valence-electron chi connectivity index (χ3n) is 4.65. The molecule has 0 saturated carbocycles. The van der Waals surface area contributed by atoms with Gasteiger partial charge in [0.25, 0.3) is 0 Å². The molecule has 0 bridgehead atoms. The number of thiophene rings is 1. The SMILES string of the molecule is CCC(C)C1CN(C(c2cccs2)C(C)C)CCCN1. The van der Waals surface area contributed by atoms with E-state index in [4.69, 9.17) is 0 Å². The maximum atomic E-state index is 3.76. The van der Waals surface area contributed by atoms with E-state index in [9.17, 15) is 0 Å². The van der Waals surface area contributed by atoms with Gasteiger partial charge < -0.3 is 5.32 Å². The summed E-state index contributed by atoms with van der Waals surface area (Å²) < 4.78 is 0. The predicted molar refractivity (Wildman–Crippen MR) is 89.3 cm³/mol. The summed E-state index contributed by atoms with van der Waals surface area (Å²) in [5, 5.41) is 5.98. The average Bonchev–Trinajstić information content (AvgIpc) is 2.83. The van der Waals surface area contributed by atoms with Crippen LogP contribution in [0.15, 0.2) is 17.5 Å². The van der Waals surface area contributed by atoms with Gasteiger partial charge in [-0.05, 0) is 36.2 Å². The van der Waals surface area contributed by atoms with E-state index in [0.29, 0.717) is 18.0 Å². The topological polar surface area (TPSA) is 15.3 Å². The lowest BCUT2D eigenvalue weighted by atomic mass is 9.96. The fourth-order valence-electron chi connectivity index (χ4n) is 3.29. The molecule has 0 aliphatic carbocycles. The Bertz CT molecular complexity index is 374. The second kappa shape index (κ2) is 7.58. The molecule has 3 atom stereocenters. The highest BCUT2D eigenvalue weighted by Crippen LogP contribution is 2.33. The van der Waals surface area contributed by atoms with Crippen LogP contribution in [0.1, 0.15) is 51.5 Å². The molecule has 114 valence electrons. The van der Waals surface area contributed by atoms with Crippen LogP contribution in [0.5, 0.6) is 0 Å². The second-order valence-corrected chi connectivity index (χ2v) is 7.48. The highest BCUT2D eigenvalue weighted by Gasteiger charge is 2.29. The van der Waals surface area contributed by atoms with Crippen molar-refractivity contribution in [2.45, 2.75) is 52.6 Å². The van der Waals surface area contributed by atoms with Crippen LogP contribution in [-0.4, -0.2) is 30.6 Å². The van der Waals surface area contributed by atoms with Crippen molar-refractivity contribution >= 4 is 11.3 Å². The molecule has 2 nitrogen and oxygen atoms in total. The fourth-order valence-corrected chi connectivity index (χ4v) is 4.32.